The van der Waals surface area contributed by atoms with Gasteiger partial charge in [-0.3, -0.25) is 4.90 Å². The molecule has 2 aromatic carbocycles. The number of nitrogens with two attached hydrogens (primary N) is 1. The first-order chi connectivity index (χ1) is 9.33. The van der Waals surface area contributed by atoms with Gasteiger partial charge in [0.25, 0.3) is 0 Å². The van der Waals surface area contributed by atoms with Crippen LogP contribution in [-0.2, 0) is 19.4 Å². The highest BCUT2D eigenvalue weighted by Crippen LogP contribution is 2.40. The van der Waals surface area contributed by atoms with Crippen LogP contribution in [0.15, 0.2) is 42.5 Å². The summed E-state index contributed by atoms with van der Waals surface area (Å²) in [6.45, 7) is 2.21. The van der Waals surface area contributed by atoms with Crippen molar-refractivity contribution in [2.75, 3.05) is 12.3 Å². The predicted molar refractivity (Wildman–Crippen MR) is 77.9 cm³/mol. The van der Waals surface area contributed by atoms with Crippen molar-refractivity contribution in [3.8, 4) is 0 Å². The molecule has 2 aliphatic heterocycles. The first-order valence-electron chi connectivity index (χ1n) is 7.01. The van der Waals surface area contributed by atoms with Gasteiger partial charge in [-0.1, -0.05) is 36.4 Å². The Hall–Kier alpha value is -1.80. The molecule has 2 nitrogen and oxygen atoms in total. The summed E-state index contributed by atoms with van der Waals surface area (Å²) >= 11 is 0. The molecular weight excluding hydrogens is 232 g/mol. The van der Waals surface area contributed by atoms with Gasteiger partial charge in [0.05, 0.1) is 0 Å². The number of nitrogens with zero attached hydrogens (tertiary/aromatic N) is 1. The van der Waals surface area contributed by atoms with E-state index in [0.717, 1.165) is 31.6 Å². The molecule has 0 spiro atoms. The highest BCUT2D eigenvalue weighted by Gasteiger charge is 2.32. The van der Waals surface area contributed by atoms with Crippen LogP contribution >= 0.6 is 0 Å². The van der Waals surface area contributed by atoms with E-state index in [-0.39, 0.29) is 0 Å². The number of benzene rings is 2. The summed E-state index contributed by atoms with van der Waals surface area (Å²) in [6.07, 6.45) is 2.22. The van der Waals surface area contributed by atoms with Gasteiger partial charge in [-0.05, 0) is 41.2 Å². The lowest BCUT2D eigenvalue weighted by Gasteiger charge is -2.42. The van der Waals surface area contributed by atoms with E-state index >= 15 is 0 Å². The lowest BCUT2D eigenvalue weighted by molar-refractivity contribution is 0.161. The molecule has 19 heavy (non-hydrogen) atoms. The van der Waals surface area contributed by atoms with E-state index in [1.807, 2.05) is 6.07 Å². The minimum Gasteiger partial charge on any atom is -0.398 e. The molecule has 1 atom stereocenters. The third-order valence-electron chi connectivity index (χ3n) is 4.58. The molecule has 2 N–H and O–H groups in total. The Kier molecular flexibility index (Phi) is 2.39. The first kappa shape index (κ1) is 11.1. The van der Waals surface area contributed by atoms with E-state index in [4.69, 9.17) is 5.73 Å². The highest BCUT2D eigenvalue weighted by atomic mass is 15.2. The third-order valence-corrected chi connectivity index (χ3v) is 4.58. The summed E-state index contributed by atoms with van der Waals surface area (Å²) in [7, 11) is 0. The van der Waals surface area contributed by atoms with Crippen LogP contribution in [0.3, 0.4) is 0 Å². The molecule has 0 aromatic heterocycles. The average molecular weight is 250 g/mol. The van der Waals surface area contributed by atoms with Gasteiger partial charge in [-0.25, -0.2) is 0 Å². The van der Waals surface area contributed by atoms with Crippen molar-refractivity contribution >= 4 is 5.69 Å². The quantitative estimate of drug-likeness (QED) is 0.728. The number of hydrogen-bond acceptors (Lipinski definition) is 2. The monoisotopic (exact) mass is 250 g/mol. The van der Waals surface area contributed by atoms with Crippen LogP contribution in [0.4, 0.5) is 5.69 Å². The number of anilines is 1. The van der Waals surface area contributed by atoms with Gasteiger partial charge in [0, 0.05) is 24.8 Å². The van der Waals surface area contributed by atoms with E-state index in [1.165, 1.54) is 22.3 Å². The molecule has 0 saturated heterocycles. The van der Waals surface area contributed by atoms with Gasteiger partial charge in [-0.15, -0.1) is 0 Å². The minimum atomic E-state index is 0.472. The lowest BCUT2D eigenvalue weighted by atomic mass is 9.83. The van der Waals surface area contributed by atoms with Crippen LogP contribution in [0, 0.1) is 0 Å². The molecule has 1 unspecified atom stereocenters. The summed E-state index contributed by atoms with van der Waals surface area (Å²) in [6, 6.07) is 15.7. The van der Waals surface area contributed by atoms with Crippen molar-refractivity contribution < 1.29 is 0 Å². The van der Waals surface area contributed by atoms with Crippen LogP contribution in [-0.4, -0.2) is 11.4 Å². The van der Waals surface area contributed by atoms with Gasteiger partial charge in [0.1, 0.15) is 0 Å². The fraction of sp³-hybridized carbons (Fsp3) is 0.294. The molecule has 0 bridgehead atoms. The molecule has 0 aliphatic carbocycles. The first-order valence-corrected chi connectivity index (χ1v) is 7.01. The van der Waals surface area contributed by atoms with Crippen LogP contribution < -0.4 is 5.73 Å². The molecule has 2 aromatic rings. The molecule has 96 valence electrons. The van der Waals surface area contributed by atoms with Crippen molar-refractivity contribution in [1.82, 2.24) is 4.90 Å². The van der Waals surface area contributed by atoms with Crippen molar-refractivity contribution in [2.45, 2.75) is 25.4 Å². The van der Waals surface area contributed by atoms with Crippen molar-refractivity contribution in [2.24, 2.45) is 0 Å². The second-order valence-corrected chi connectivity index (χ2v) is 5.63. The number of nitrogen functional groups attached to an aromatic ring is 1. The molecule has 2 aliphatic rings. The van der Waals surface area contributed by atoms with Crippen LogP contribution in [0.1, 0.15) is 28.3 Å². The maximum Gasteiger partial charge on any atom is 0.0415 e. The van der Waals surface area contributed by atoms with E-state index in [0.29, 0.717) is 6.04 Å². The molecule has 4 rings (SSSR count). The van der Waals surface area contributed by atoms with Crippen molar-refractivity contribution in [3.05, 3.63) is 64.7 Å². The SMILES string of the molecule is Nc1cccc2c1C1Cc3ccccc3CN1CC2. The lowest BCUT2D eigenvalue weighted by Crippen LogP contribution is -2.39. The maximum atomic E-state index is 6.24. The summed E-state index contributed by atoms with van der Waals surface area (Å²) in [5.74, 6) is 0. The van der Waals surface area contributed by atoms with Gasteiger partial charge in [0.15, 0.2) is 0 Å². The topological polar surface area (TPSA) is 29.3 Å². The van der Waals surface area contributed by atoms with Gasteiger partial charge >= 0.3 is 0 Å². The second-order valence-electron chi connectivity index (χ2n) is 5.63. The van der Waals surface area contributed by atoms with E-state index in [9.17, 15) is 0 Å². The van der Waals surface area contributed by atoms with Gasteiger partial charge in [-0.2, -0.15) is 0 Å². The smallest absolute Gasteiger partial charge is 0.0415 e. The zero-order valence-electron chi connectivity index (χ0n) is 11.0. The Balaban J connectivity index is 1.82. The normalized spacial score (nSPS) is 21.4. The van der Waals surface area contributed by atoms with Crippen molar-refractivity contribution in [3.63, 3.8) is 0 Å². The minimum absolute atomic E-state index is 0.472. The largest absolute Gasteiger partial charge is 0.398 e. The number of rotatable bonds is 0. The zero-order chi connectivity index (χ0) is 12.8. The molecule has 0 saturated carbocycles. The molecule has 0 amide bonds. The summed E-state index contributed by atoms with van der Waals surface area (Å²) in [5, 5.41) is 0. The summed E-state index contributed by atoms with van der Waals surface area (Å²) in [4.78, 5) is 2.58. The Morgan fingerprint density at radius 2 is 1.74 bits per heavy atom. The molecule has 0 radical (unpaired) electrons. The summed E-state index contributed by atoms with van der Waals surface area (Å²) < 4.78 is 0. The van der Waals surface area contributed by atoms with Crippen LogP contribution in [0.25, 0.3) is 0 Å². The van der Waals surface area contributed by atoms with Crippen LogP contribution in [0.2, 0.25) is 0 Å². The molecule has 2 heterocycles. The Labute approximate surface area is 113 Å². The number of hydrogen-bond donors (Lipinski definition) is 1. The average Bonchev–Trinajstić information content (AvgIpc) is 2.45. The Morgan fingerprint density at radius 3 is 2.63 bits per heavy atom. The van der Waals surface area contributed by atoms with Gasteiger partial charge in [0.2, 0.25) is 0 Å². The van der Waals surface area contributed by atoms with Crippen LogP contribution in [0.5, 0.6) is 0 Å². The fourth-order valence-corrected chi connectivity index (χ4v) is 3.62. The second kappa shape index (κ2) is 4.10. The molecular formula is C17H18N2. The predicted octanol–water partition coefficient (Wildman–Crippen LogP) is 2.92. The fourth-order valence-electron chi connectivity index (χ4n) is 3.62. The maximum absolute atomic E-state index is 6.24. The van der Waals surface area contributed by atoms with Gasteiger partial charge < -0.3 is 5.73 Å². The Bertz CT molecular complexity index is 633. The summed E-state index contributed by atoms with van der Waals surface area (Å²) in [5.41, 5.74) is 13.0. The molecule has 2 heteroatoms. The van der Waals surface area contributed by atoms with Crippen molar-refractivity contribution in [1.29, 1.82) is 0 Å². The highest BCUT2D eigenvalue weighted by molar-refractivity contribution is 5.55. The molecule has 0 fully saturated rings. The number of fused-ring (bicyclic) bond motifs is 4. The van der Waals surface area contributed by atoms with E-state index < -0.39 is 0 Å². The third kappa shape index (κ3) is 1.67. The van der Waals surface area contributed by atoms with E-state index in [1.54, 1.807) is 0 Å². The zero-order valence-corrected chi connectivity index (χ0v) is 11.0. The Morgan fingerprint density at radius 1 is 0.947 bits per heavy atom. The standard InChI is InChI=1S/C17H18N2/c18-15-7-3-6-12-8-9-19-11-14-5-2-1-4-13(14)10-16(19)17(12)15/h1-7,16H,8-11,18H2. The van der Waals surface area contributed by atoms with E-state index in [2.05, 4.69) is 41.3 Å².